The van der Waals surface area contributed by atoms with Gasteiger partial charge in [0, 0.05) is 24.8 Å². The topological polar surface area (TPSA) is 92.8 Å². The minimum Gasteiger partial charge on any atom is -0.456 e. The van der Waals surface area contributed by atoms with Gasteiger partial charge in [0.2, 0.25) is 11.8 Å². The first kappa shape index (κ1) is 29.9. The van der Waals surface area contributed by atoms with Crippen LogP contribution in [0.2, 0.25) is 5.02 Å². The summed E-state index contributed by atoms with van der Waals surface area (Å²) in [5.41, 5.74) is 3.24. The second-order valence-corrected chi connectivity index (χ2v) is 11.7. The fourth-order valence-electron chi connectivity index (χ4n) is 6.88. The first-order valence-electron chi connectivity index (χ1n) is 14.4. The highest BCUT2D eigenvalue weighted by atomic mass is 35.5. The molecular formula is C33H28ClF3N2O5. The summed E-state index contributed by atoms with van der Waals surface area (Å²) in [7, 11) is 0. The van der Waals surface area contributed by atoms with Gasteiger partial charge in [-0.25, -0.2) is 0 Å². The highest BCUT2D eigenvalue weighted by molar-refractivity contribution is 6.33. The molecule has 4 aliphatic rings. The molecule has 1 heterocycles. The van der Waals surface area contributed by atoms with Gasteiger partial charge in [-0.2, -0.15) is 13.2 Å². The SMILES string of the molecule is O=C(COC(=O)CCCCCN1C(=O)[C@@H]2C3c4ccccc4C(c4ccccc43)[C@H]2C1=O)Nc1cc(C(F)(F)F)ccc1Cl. The second kappa shape index (κ2) is 11.7. The molecule has 7 rings (SSSR count). The highest BCUT2D eigenvalue weighted by Crippen LogP contribution is 2.60. The van der Waals surface area contributed by atoms with Crippen molar-refractivity contribution in [1.29, 1.82) is 0 Å². The van der Waals surface area contributed by atoms with Gasteiger partial charge in [0.15, 0.2) is 6.61 Å². The van der Waals surface area contributed by atoms with Gasteiger partial charge in [0.1, 0.15) is 0 Å². The quantitative estimate of drug-likeness (QED) is 0.172. The van der Waals surface area contributed by atoms with Gasteiger partial charge in [-0.15, -0.1) is 0 Å². The molecule has 3 amide bonds. The Morgan fingerprint density at radius 2 is 1.36 bits per heavy atom. The molecule has 3 aliphatic carbocycles. The van der Waals surface area contributed by atoms with Crippen molar-refractivity contribution in [3.63, 3.8) is 0 Å². The molecule has 7 nitrogen and oxygen atoms in total. The molecule has 0 radical (unpaired) electrons. The predicted octanol–water partition coefficient (Wildman–Crippen LogP) is 6.29. The predicted molar refractivity (Wildman–Crippen MR) is 155 cm³/mol. The number of nitrogens with zero attached hydrogens (tertiary/aromatic N) is 1. The number of anilines is 1. The summed E-state index contributed by atoms with van der Waals surface area (Å²) >= 11 is 5.88. The molecule has 11 heteroatoms. The van der Waals surface area contributed by atoms with Crippen LogP contribution in [0.25, 0.3) is 0 Å². The van der Waals surface area contributed by atoms with Crippen LogP contribution in [0, 0.1) is 11.8 Å². The number of benzene rings is 3. The number of likely N-dealkylation sites (tertiary alicyclic amines) is 1. The molecule has 1 fully saturated rings. The molecule has 3 aromatic carbocycles. The average Bonchev–Trinajstić information content (AvgIpc) is 3.26. The molecule has 2 atom stereocenters. The van der Waals surface area contributed by atoms with E-state index in [0.29, 0.717) is 25.3 Å². The minimum absolute atomic E-state index is 0.000491. The number of rotatable bonds is 9. The Balaban J connectivity index is 0.982. The van der Waals surface area contributed by atoms with Crippen LogP contribution in [-0.4, -0.2) is 41.7 Å². The third-order valence-corrected chi connectivity index (χ3v) is 9.06. The van der Waals surface area contributed by atoms with Crippen molar-refractivity contribution in [2.45, 2.75) is 43.7 Å². The Labute approximate surface area is 256 Å². The summed E-state index contributed by atoms with van der Waals surface area (Å²) in [6.07, 6.45) is -3.15. The Kier molecular flexibility index (Phi) is 7.96. The van der Waals surface area contributed by atoms with Crippen molar-refractivity contribution in [3.05, 3.63) is 99.6 Å². The van der Waals surface area contributed by atoms with Crippen LogP contribution < -0.4 is 5.32 Å². The molecule has 1 aliphatic heterocycles. The fraction of sp³-hybridized carbons (Fsp3) is 0.333. The minimum atomic E-state index is -4.61. The van der Waals surface area contributed by atoms with E-state index in [-0.39, 0.29) is 47.3 Å². The number of carbonyl (C=O) groups is 4. The Morgan fingerprint density at radius 1 is 0.818 bits per heavy atom. The average molecular weight is 625 g/mol. The van der Waals surface area contributed by atoms with Crippen molar-refractivity contribution in [2.75, 3.05) is 18.5 Å². The normalized spacial score (nSPS) is 21.5. The van der Waals surface area contributed by atoms with E-state index in [4.69, 9.17) is 16.3 Å². The van der Waals surface area contributed by atoms with Crippen molar-refractivity contribution in [3.8, 4) is 0 Å². The van der Waals surface area contributed by atoms with E-state index in [2.05, 4.69) is 29.6 Å². The summed E-state index contributed by atoms with van der Waals surface area (Å²) in [5.74, 6) is -2.94. The van der Waals surface area contributed by atoms with Gasteiger partial charge >= 0.3 is 12.1 Å². The lowest BCUT2D eigenvalue weighted by Gasteiger charge is -2.45. The number of nitrogens with one attached hydrogen (secondary N) is 1. The molecule has 1 saturated heterocycles. The number of imide groups is 1. The number of alkyl halides is 3. The lowest BCUT2D eigenvalue weighted by atomic mass is 9.55. The van der Waals surface area contributed by atoms with E-state index in [0.717, 1.165) is 34.4 Å². The standard InChI is InChI=1S/C33H28ClF3N2O5/c34-23-14-13-18(33(35,36)37)16-24(23)38-25(40)17-44-26(41)12-2-1-7-15-39-31(42)29-27-19-8-3-4-9-20(19)28(30(29)32(39)43)22-11-6-5-10-21(22)27/h3-6,8-11,13-14,16,27-30H,1-2,7,12,15,17H2,(H,38,40)/t27?,28?,29-,30-/m1/s1. The van der Waals surface area contributed by atoms with Crippen molar-refractivity contribution < 1.29 is 37.1 Å². The maximum atomic E-state index is 13.6. The van der Waals surface area contributed by atoms with Gasteiger partial charge in [0.05, 0.1) is 28.1 Å². The molecule has 0 saturated carbocycles. The van der Waals surface area contributed by atoms with Crippen molar-refractivity contribution in [1.82, 2.24) is 4.90 Å². The summed E-state index contributed by atoms with van der Waals surface area (Å²) in [4.78, 5) is 52.9. The zero-order chi connectivity index (χ0) is 31.2. The number of hydrogen-bond donors (Lipinski definition) is 1. The lowest BCUT2D eigenvalue weighted by molar-refractivity contribution is -0.147. The smallest absolute Gasteiger partial charge is 0.416 e. The molecule has 228 valence electrons. The molecule has 3 aromatic rings. The molecule has 44 heavy (non-hydrogen) atoms. The zero-order valence-electron chi connectivity index (χ0n) is 23.4. The van der Waals surface area contributed by atoms with Crippen LogP contribution in [0.3, 0.4) is 0 Å². The van der Waals surface area contributed by atoms with Crippen molar-refractivity contribution >= 4 is 41.0 Å². The largest absolute Gasteiger partial charge is 0.456 e. The third-order valence-electron chi connectivity index (χ3n) is 8.73. The van der Waals surface area contributed by atoms with E-state index in [1.807, 2.05) is 24.3 Å². The number of carbonyl (C=O) groups excluding carboxylic acids is 4. The fourth-order valence-corrected chi connectivity index (χ4v) is 7.04. The van der Waals surface area contributed by atoms with Gasteiger partial charge in [-0.05, 0) is 53.3 Å². The van der Waals surface area contributed by atoms with E-state index in [9.17, 15) is 32.3 Å². The van der Waals surface area contributed by atoms with Gasteiger partial charge in [0.25, 0.3) is 5.91 Å². The third kappa shape index (κ3) is 5.36. The van der Waals surface area contributed by atoms with Crippen molar-refractivity contribution in [2.24, 2.45) is 11.8 Å². The van der Waals surface area contributed by atoms with Crippen LogP contribution >= 0.6 is 11.6 Å². The van der Waals surface area contributed by atoms with Crippen LogP contribution in [-0.2, 0) is 30.1 Å². The highest BCUT2D eigenvalue weighted by Gasteiger charge is 2.61. The lowest BCUT2D eigenvalue weighted by Crippen LogP contribution is -2.41. The number of halogens is 4. The summed E-state index contributed by atoms with van der Waals surface area (Å²) in [6, 6.07) is 18.6. The molecule has 0 spiro atoms. The molecule has 2 bridgehead atoms. The number of esters is 1. The van der Waals surface area contributed by atoms with Gasteiger partial charge in [-0.3, -0.25) is 24.1 Å². The summed E-state index contributed by atoms with van der Waals surface area (Å²) < 4.78 is 43.8. The first-order chi connectivity index (χ1) is 21.1. The van der Waals surface area contributed by atoms with Crippen LogP contribution in [0.1, 0.15) is 65.3 Å². The Hall–Kier alpha value is -4.18. The Bertz CT molecular complexity index is 1540. The maximum absolute atomic E-state index is 13.6. The number of hydrogen-bond acceptors (Lipinski definition) is 5. The van der Waals surface area contributed by atoms with Gasteiger partial charge in [-0.1, -0.05) is 66.6 Å². The summed E-state index contributed by atoms with van der Waals surface area (Å²) in [6.45, 7) is -0.427. The van der Waals surface area contributed by atoms with E-state index in [1.54, 1.807) is 0 Å². The van der Waals surface area contributed by atoms with E-state index >= 15 is 0 Å². The maximum Gasteiger partial charge on any atom is 0.416 e. The van der Waals surface area contributed by atoms with Crippen LogP contribution in [0.5, 0.6) is 0 Å². The Morgan fingerprint density at radius 3 is 1.89 bits per heavy atom. The first-order valence-corrected chi connectivity index (χ1v) is 14.8. The zero-order valence-corrected chi connectivity index (χ0v) is 24.2. The van der Waals surface area contributed by atoms with E-state index < -0.39 is 42.1 Å². The van der Waals surface area contributed by atoms with Crippen LogP contribution in [0.4, 0.5) is 18.9 Å². The monoisotopic (exact) mass is 624 g/mol. The second-order valence-electron chi connectivity index (χ2n) is 11.3. The van der Waals surface area contributed by atoms with Gasteiger partial charge < -0.3 is 10.1 Å². The summed E-state index contributed by atoms with van der Waals surface area (Å²) in [5, 5.41) is 2.13. The molecule has 0 aromatic heterocycles. The molecule has 0 unspecified atom stereocenters. The van der Waals surface area contributed by atoms with Crippen LogP contribution in [0.15, 0.2) is 66.7 Å². The molecular weight excluding hydrogens is 597 g/mol. The number of amides is 3. The number of unbranched alkanes of at least 4 members (excludes halogenated alkanes) is 2. The molecule has 1 N–H and O–H groups in total. The van der Waals surface area contributed by atoms with E-state index in [1.165, 1.54) is 4.90 Å². The number of ether oxygens (including phenoxy) is 1.